The zero-order chi connectivity index (χ0) is 15.1. The zero-order valence-corrected chi connectivity index (χ0v) is 12.8. The van der Waals surface area contributed by atoms with E-state index in [1.165, 1.54) is 6.92 Å². The lowest BCUT2D eigenvalue weighted by Crippen LogP contribution is -2.37. The third kappa shape index (κ3) is 10.9. The van der Waals surface area contributed by atoms with Gasteiger partial charge in [-0.1, -0.05) is 6.58 Å². The van der Waals surface area contributed by atoms with Crippen molar-refractivity contribution in [3.63, 3.8) is 0 Å². The Morgan fingerprint density at radius 2 is 1.74 bits per heavy atom. The minimum absolute atomic E-state index is 0.100. The van der Waals surface area contributed by atoms with E-state index in [4.69, 9.17) is 9.26 Å². The molecule has 0 aromatic carbocycles. The number of hydrogen-bond donors (Lipinski definition) is 1. The van der Waals surface area contributed by atoms with Crippen molar-refractivity contribution >= 4 is 13.8 Å². The molecule has 0 bridgehead atoms. The van der Waals surface area contributed by atoms with Gasteiger partial charge in [-0.15, -0.1) is 0 Å². The molecule has 0 aliphatic heterocycles. The molecule has 0 aromatic rings. The number of carbonyl (C=O) groups is 1. The minimum Gasteiger partial charge on any atom is -0.460 e. The number of ether oxygens (including phenoxy) is 1. The van der Waals surface area contributed by atoms with E-state index in [2.05, 4.69) is 11.1 Å². The SMILES string of the molecule is C=C(C)C(=O)OCCOP(=O)(O)OCC[N+](C)(C)C. The van der Waals surface area contributed by atoms with Crippen LogP contribution in [0.25, 0.3) is 0 Å². The summed E-state index contributed by atoms with van der Waals surface area (Å²) in [6.45, 7) is 5.23. The Labute approximate surface area is 114 Å². The molecule has 19 heavy (non-hydrogen) atoms. The topological polar surface area (TPSA) is 82.1 Å². The molecular weight excluding hydrogens is 273 g/mol. The van der Waals surface area contributed by atoms with E-state index >= 15 is 0 Å². The second-order valence-corrected chi connectivity index (χ2v) is 6.52. The summed E-state index contributed by atoms with van der Waals surface area (Å²) in [7, 11) is 1.72. The first-order chi connectivity index (χ1) is 8.53. The molecule has 0 aromatic heterocycles. The van der Waals surface area contributed by atoms with Crippen LogP contribution in [-0.2, 0) is 23.1 Å². The molecule has 0 fully saturated rings. The second-order valence-electron chi connectivity index (χ2n) is 5.07. The Bertz CT molecular complexity index is 363. The van der Waals surface area contributed by atoms with E-state index in [1.54, 1.807) is 0 Å². The summed E-state index contributed by atoms with van der Waals surface area (Å²) in [5.41, 5.74) is 0.256. The van der Waals surface area contributed by atoms with Crippen LogP contribution in [0.5, 0.6) is 0 Å². The van der Waals surface area contributed by atoms with E-state index < -0.39 is 13.8 Å². The molecule has 1 N–H and O–H groups in total. The summed E-state index contributed by atoms with van der Waals surface area (Å²) >= 11 is 0. The molecule has 0 spiro atoms. The van der Waals surface area contributed by atoms with Gasteiger partial charge in [0.1, 0.15) is 19.8 Å². The van der Waals surface area contributed by atoms with Crippen molar-refractivity contribution < 1.29 is 32.5 Å². The Morgan fingerprint density at radius 1 is 1.21 bits per heavy atom. The second kappa shape index (κ2) is 7.77. The molecule has 0 heterocycles. The molecule has 0 aliphatic rings. The van der Waals surface area contributed by atoms with Crippen LogP contribution in [0.15, 0.2) is 12.2 Å². The summed E-state index contributed by atoms with van der Waals surface area (Å²) in [4.78, 5) is 20.3. The highest BCUT2D eigenvalue weighted by atomic mass is 31.2. The van der Waals surface area contributed by atoms with Crippen molar-refractivity contribution in [3.8, 4) is 0 Å². The first-order valence-corrected chi connectivity index (χ1v) is 7.28. The summed E-state index contributed by atoms with van der Waals surface area (Å²) in [6, 6.07) is 0. The number of esters is 1. The molecule has 8 heteroatoms. The van der Waals surface area contributed by atoms with Gasteiger partial charge in [0.2, 0.25) is 0 Å². The van der Waals surface area contributed by atoms with Crippen molar-refractivity contribution in [2.45, 2.75) is 6.92 Å². The zero-order valence-electron chi connectivity index (χ0n) is 11.9. The molecule has 0 radical (unpaired) electrons. The average Bonchev–Trinajstić information content (AvgIpc) is 2.21. The normalized spacial score (nSPS) is 14.8. The molecule has 0 amide bonds. The molecule has 0 saturated carbocycles. The maximum atomic E-state index is 11.4. The quantitative estimate of drug-likeness (QED) is 0.224. The largest absolute Gasteiger partial charge is 0.472 e. The smallest absolute Gasteiger partial charge is 0.460 e. The maximum absolute atomic E-state index is 11.4. The minimum atomic E-state index is -4.09. The van der Waals surface area contributed by atoms with Crippen LogP contribution in [-0.4, -0.2) is 62.9 Å². The highest BCUT2D eigenvalue weighted by Gasteiger charge is 2.22. The Morgan fingerprint density at radius 3 is 2.21 bits per heavy atom. The van der Waals surface area contributed by atoms with Gasteiger partial charge in [0.05, 0.1) is 27.7 Å². The van der Waals surface area contributed by atoms with Crippen LogP contribution in [0.3, 0.4) is 0 Å². The number of quaternary nitrogens is 1. The molecule has 1 atom stereocenters. The van der Waals surface area contributed by atoms with E-state index in [-0.39, 0.29) is 25.4 Å². The molecule has 7 nitrogen and oxygen atoms in total. The van der Waals surface area contributed by atoms with Crippen LogP contribution in [0.2, 0.25) is 0 Å². The van der Waals surface area contributed by atoms with Crippen molar-refractivity contribution in [2.24, 2.45) is 0 Å². The first-order valence-electron chi connectivity index (χ1n) is 5.78. The monoisotopic (exact) mass is 296 g/mol. The summed E-state index contributed by atoms with van der Waals surface area (Å²) in [5, 5.41) is 0. The molecule has 1 unspecified atom stereocenters. The van der Waals surface area contributed by atoms with E-state index in [1.807, 2.05) is 21.1 Å². The molecule has 0 saturated heterocycles. The van der Waals surface area contributed by atoms with Gasteiger partial charge < -0.3 is 14.1 Å². The standard InChI is InChI=1S/C11H22NO6P/c1-10(2)11(13)16-8-9-18-19(14,15)17-7-6-12(3,4)5/h1,6-9H2,2-5H3/p+1. The van der Waals surface area contributed by atoms with Crippen LogP contribution >= 0.6 is 7.82 Å². The van der Waals surface area contributed by atoms with Gasteiger partial charge in [-0.2, -0.15) is 0 Å². The van der Waals surface area contributed by atoms with Gasteiger partial charge in [0, 0.05) is 5.57 Å². The summed E-state index contributed by atoms with van der Waals surface area (Å²) in [6.07, 6.45) is 0. The Hall–Kier alpha value is -0.720. The van der Waals surface area contributed by atoms with Gasteiger partial charge in [0.15, 0.2) is 0 Å². The van der Waals surface area contributed by atoms with Gasteiger partial charge in [-0.25, -0.2) is 9.36 Å². The fraction of sp³-hybridized carbons (Fsp3) is 0.727. The predicted molar refractivity (Wildman–Crippen MR) is 70.4 cm³/mol. The van der Waals surface area contributed by atoms with Crippen LogP contribution in [0, 0.1) is 0 Å². The van der Waals surface area contributed by atoms with Crippen molar-refractivity contribution in [3.05, 3.63) is 12.2 Å². The highest BCUT2D eigenvalue weighted by molar-refractivity contribution is 7.47. The molecule has 0 aliphatic carbocycles. The van der Waals surface area contributed by atoms with E-state index in [9.17, 15) is 14.3 Å². The van der Waals surface area contributed by atoms with Gasteiger partial charge in [0.25, 0.3) is 0 Å². The number of phosphoric ester groups is 1. The van der Waals surface area contributed by atoms with Crippen molar-refractivity contribution in [1.29, 1.82) is 0 Å². The summed E-state index contributed by atoms with van der Waals surface area (Å²) in [5.74, 6) is -0.567. The fourth-order valence-electron chi connectivity index (χ4n) is 0.878. The average molecular weight is 296 g/mol. The Balaban J connectivity index is 3.82. The van der Waals surface area contributed by atoms with Crippen LogP contribution in [0.1, 0.15) is 6.92 Å². The lowest BCUT2D eigenvalue weighted by molar-refractivity contribution is -0.870. The van der Waals surface area contributed by atoms with E-state index in [0.717, 1.165) is 0 Å². The number of nitrogens with zero attached hydrogens (tertiary/aromatic N) is 1. The number of phosphoric acid groups is 1. The lowest BCUT2D eigenvalue weighted by atomic mass is 10.4. The van der Waals surface area contributed by atoms with Gasteiger partial charge in [-0.05, 0) is 6.92 Å². The maximum Gasteiger partial charge on any atom is 0.472 e. The third-order valence-corrected chi connectivity index (χ3v) is 2.95. The van der Waals surface area contributed by atoms with Crippen molar-refractivity contribution in [1.82, 2.24) is 0 Å². The van der Waals surface area contributed by atoms with Gasteiger partial charge >= 0.3 is 13.8 Å². The first kappa shape index (κ1) is 18.3. The third-order valence-electron chi connectivity index (χ3n) is 1.94. The summed E-state index contributed by atoms with van der Waals surface area (Å²) < 4.78 is 26.2. The number of rotatable bonds is 9. The van der Waals surface area contributed by atoms with Crippen molar-refractivity contribution in [2.75, 3.05) is 47.5 Å². The lowest BCUT2D eigenvalue weighted by Gasteiger charge is -2.23. The predicted octanol–water partition coefficient (Wildman–Crippen LogP) is 0.945. The number of hydrogen-bond acceptors (Lipinski definition) is 5. The fourth-order valence-corrected chi connectivity index (χ4v) is 1.57. The highest BCUT2D eigenvalue weighted by Crippen LogP contribution is 2.42. The number of likely N-dealkylation sites (N-methyl/N-ethyl adjacent to an activating group) is 1. The number of carbonyl (C=O) groups excluding carboxylic acids is 1. The van der Waals surface area contributed by atoms with Crippen LogP contribution in [0.4, 0.5) is 0 Å². The molecular formula is C11H23NO6P+. The molecule has 112 valence electrons. The molecule has 0 rings (SSSR count). The van der Waals surface area contributed by atoms with Gasteiger partial charge in [-0.3, -0.25) is 9.05 Å². The Kier molecular flexibility index (Phi) is 7.47. The van der Waals surface area contributed by atoms with E-state index in [0.29, 0.717) is 11.0 Å². The van der Waals surface area contributed by atoms with Crippen LogP contribution < -0.4 is 0 Å².